The van der Waals surface area contributed by atoms with Crippen LogP contribution in [0.5, 0.6) is 0 Å². The molecule has 1 unspecified atom stereocenters. The Balaban J connectivity index is 2.57. The summed E-state index contributed by atoms with van der Waals surface area (Å²) in [6.07, 6.45) is 0. The van der Waals surface area contributed by atoms with E-state index in [2.05, 4.69) is 10.6 Å². The van der Waals surface area contributed by atoms with Gasteiger partial charge < -0.3 is 15.5 Å². The lowest BCUT2D eigenvalue weighted by molar-refractivity contribution is -0.885. The monoisotopic (exact) mass is 296 g/mol. The predicted molar refractivity (Wildman–Crippen MR) is 79.5 cm³/mol. The maximum Gasteiger partial charge on any atom is 0.282 e. The lowest BCUT2D eigenvalue weighted by Gasteiger charge is -2.21. The molecule has 0 saturated carbocycles. The van der Waals surface area contributed by atoms with Crippen LogP contribution in [-0.4, -0.2) is 37.5 Å². The molecule has 1 rings (SSSR count). The quantitative estimate of drug-likeness (QED) is 0.702. The van der Waals surface area contributed by atoms with Gasteiger partial charge >= 0.3 is 0 Å². The fourth-order valence-corrected chi connectivity index (χ4v) is 1.81. The normalized spacial score (nSPS) is 13.6. The number of nitrogens with one attached hydrogen (secondary N) is 3. The van der Waals surface area contributed by atoms with Crippen LogP contribution in [0.15, 0.2) is 24.3 Å². The van der Waals surface area contributed by atoms with Crippen molar-refractivity contribution in [3.63, 3.8) is 0 Å². The number of carbonyl (C=O) groups is 2. The molecule has 2 amide bonds. The molecule has 2 atom stereocenters. The molecule has 0 aliphatic carbocycles. The molecule has 6 heteroatoms. The van der Waals surface area contributed by atoms with Crippen LogP contribution in [0.4, 0.5) is 10.1 Å². The highest BCUT2D eigenvalue weighted by Gasteiger charge is 2.24. The summed E-state index contributed by atoms with van der Waals surface area (Å²) in [7, 11) is 1.76. The highest BCUT2D eigenvalue weighted by molar-refractivity contribution is 5.93. The Labute approximate surface area is 124 Å². The van der Waals surface area contributed by atoms with Crippen molar-refractivity contribution in [3.05, 3.63) is 30.1 Å². The standard InChI is InChI=1S/C15H22FN3O2/c1-10(2)17-14(20)9-19(4)11(3)15(21)18-13-8-6-5-7-12(13)16/h5-8,10-11H,9H2,1-4H3,(H,17,20)(H,18,21)/p+1/t11-/m0/s1. The molecule has 0 saturated heterocycles. The number of halogens is 1. The van der Waals surface area contributed by atoms with Crippen molar-refractivity contribution in [1.29, 1.82) is 0 Å². The maximum atomic E-state index is 13.5. The summed E-state index contributed by atoms with van der Waals surface area (Å²) < 4.78 is 13.5. The number of amides is 2. The van der Waals surface area contributed by atoms with E-state index in [1.165, 1.54) is 12.1 Å². The first-order valence-electron chi connectivity index (χ1n) is 6.98. The minimum atomic E-state index is -0.478. The summed E-state index contributed by atoms with van der Waals surface area (Å²) >= 11 is 0. The SMILES string of the molecule is CC(C)NC(=O)C[NH+](C)[C@@H](C)C(=O)Nc1ccccc1F. The fourth-order valence-electron chi connectivity index (χ4n) is 1.81. The Morgan fingerprint density at radius 2 is 1.86 bits per heavy atom. The van der Waals surface area contributed by atoms with E-state index in [0.29, 0.717) is 0 Å². The summed E-state index contributed by atoms with van der Waals surface area (Å²) in [5.41, 5.74) is 0.147. The van der Waals surface area contributed by atoms with Gasteiger partial charge in [-0.05, 0) is 32.9 Å². The number of benzene rings is 1. The van der Waals surface area contributed by atoms with Crippen molar-refractivity contribution in [1.82, 2.24) is 5.32 Å². The summed E-state index contributed by atoms with van der Waals surface area (Å²) in [6.45, 7) is 5.64. The number of anilines is 1. The Morgan fingerprint density at radius 3 is 2.43 bits per heavy atom. The zero-order valence-corrected chi connectivity index (χ0v) is 12.9. The van der Waals surface area contributed by atoms with Crippen LogP contribution in [0.3, 0.4) is 0 Å². The Kier molecular flexibility index (Phi) is 6.30. The molecule has 5 nitrogen and oxygen atoms in total. The molecule has 0 aliphatic rings. The van der Waals surface area contributed by atoms with Crippen LogP contribution in [0.25, 0.3) is 0 Å². The maximum absolute atomic E-state index is 13.5. The van der Waals surface area contributed by atoms with Gasteiger partial charge in [0.1, 0.15) is 5.82 Å². The van der Waals surface area contributed by atoms with Crippen molar-refractivity contribution in [3.8, 4) is 0 Å². The summed E-state index contributed by atoms with van der Waals surface area (Å²) in [5.74, 6) is -0.920. The average Bonchev–Trinajstić information content (AvgIpc) is 2.39. The Morgan fingerprint density at radius 1 is 1.24 bits per heavy atom. The minimum Gasteiger partial charge on any atom is -0.349 e. The molecule has 0 fully saturated rings. The zero-order chi connectivity index (χ0) is 16.0. The number of para-hydroxylation sites is 1. The number of quaternary nitrogens is 1. The highest BCUT2D eigenvalue weighted by Crippen LogP contribution is 2.12. The molecule has 21 heavy (non-hydrogen) atoms. The molecular formula is C15H23FN3O2+. The molecule has 1 aromatic carbocycles. The number of hydrogen-bond acceptors (Lipinski definition) is 2. The third-order valence-electron chi connectivity index (χ3n) is 3.15. The van der Waals surface area contributed by atoms with Crippen molar-refractivity contribution in [2.45, 2.75) is 32.9 Å². The summed E-state index contributed by atoms with van der Waals surface area (Å²) in [4.78, 5) is 24.5. The van der Waals surface area contributed by atoms with E-state index in [4.69, 9.17) is 0 Å². The van der Waals surface area contributed by atoms with Crippen molar-refractivity contribution in [2.24, 2.45) is 0 Å². The molecule has 1 aromatic rings. The second kappa shape index (κ2) is 7.73. The first-order valence-corrected chi connectivity index (χ1v) is 6.98. The lowest BCUT2D eigenvalue weighted by Crippen LogP contribution is -3.15. The molecule has 0 bridgehead atoms. The van der Waals surface area contributed by atoms with Gasteiger partial charge in [0.25, 0.3) is 11.8 Å². The van der Waals surface area contributed by atoms with Gasteiger partial charge in [-0.2, -0.15) is 0 Å². The van der Waals surface area contributed by atoms with E-state index in [-0.39, 0.29) is 30.1 Å². The van der Waals surface area contributed by atoms with Crippen LogP contribution in [0.1, 0.15) is 20.8 Å². The van der Waals surface area contributed by atoms with Gasteiger partial charge in [0.2, 0.25) is 0 Å². The summed E-state index contributed by atoms with van der Waals surface area (Å²) in [5, 5.41) is 5.31. The van der Waals surface area contributed by atoms with Crippen molar-refractivity contribution < 1.29 is 18.9 Å². The molecule has 116 valence electrons. The number of hydrogen-bond donors (Lipinski definition) is 3. The molecule has 0 spiro atoms. The molecule has 0 heterocycles. The molecule has 3 N–H and O–H groups in total. The van der Waals surface area contributed by atoms with Gasteiger partial charge in [0.05, 0.1) is 12.7 Å². The predicted octanol–water partition coefficient (Wildman–Crippen LogP) is 0.192. The summed E-state index contributed by atoms with van der Waals surface area (Å²) in [6, 6.07) is 5.58. The van der Waals surface area contributed by atoms with E-state index in [0.717, 1.165) is 4.90 Å². The number of likely N-dealkylation sites (N-methyl/N-ethyl adjacent to an activating group) is 1. The molecule has 0 aromatic heterocycles. The van der Waals surface area contributed by atoms with Gasteiger partial charge in [0, 0.05) is 6.04 Å². The fraction of sp³-hybridized carbons (Fsp3) is 0.467. The van der Waals surface area contributed by atoms with E-state index < -0.39 is 11.9 Å². The number of rotatable bonds is 6. The second-order valence-corrected chi connectivity index (χ2v) is 5.44. The highest BCUT2D eigenvalue weighted by atomic mass is 19.1. The van der Waals surface area contributed by atoms with E-state index in [9.17, 15) is 14.0 Å². The van der Waals surface area contributed by atoms with E-state index in [1.54, 1.807) is 26.1 Å². The number of carbonyl (C=O) groups excluding carboxylic acids is 2. The average molecular weight is 296 g/mol. The van der Waals surface area contributed by atoms with Crippen LogP contribution in [0.2, 0.25) is 0 Å². The van der Waals surface area contributed by atoms with Crippen LogP contribution < -0.4 is 15.5 Å². The Hall–Kier alpha value is -1.95. The van der Waals surface area contributed by atoms with Gasteiger partial charge in [-0.15, -0.1) is 0 Å². The van der Waals surface area contributed by atoms with E-state index in [1.807, 2.05) is 13.8 Å². The topological polar surface area (TPSA) is 62.6 Å². The van der Waals surface area contributed by atoms with E-state index >= 15 is 0 Å². The zero-order valence-electron chi connectivity index (χ0n) is 12.9. The van der Waals surface area contributed by atoms with Crippen molar-refractivity contribution >= 4 is 17.5 Å². The van der Waals surface area contributed by atoms with Gasteiger partial charge in [-0.25, -0.2) is 4.39 Å². The minimum absolute atomic E-state index is 0.0628. The van der Waals surface area contributed by atoms with Gasteiger partial charge in [-0.3, -0.25) is 9.59 Å². The smallest absolute Gasteiger partial charge is 0.282 e. The van der Waals surface area contributed by atoms with Crippen molar-refractivity contribution in [2.75, 3.05) is 18.9 Å². The molecule has 0 aliphatic heterocycles. The van der Waals surface area contributed by atoms with Crippen LogP contribution in [-0.2, 0) is 9.59 Å². The first kappa shape index (κ1) is 17.1. The van der Waals surface area contributed by atoms with Crippen LogP contribution in [0, 0.1) is 5.82 Å². The molecular weight excluding hydrogens is 273 g/mol. The molecule has 0 radical (unpaired) electrons. The first-order chi connectivity index (χ1) is 9.81. The lowest BCUT2D eigenvalue weighted by atomic mass is 10.2. The van der Waals surface area contributed by atoms with Crippen LogP contribution >= 0.6 is 0 Å². The third kappa shape index (κ3) is 5.51. The van der Waals surface area contributed by atoms with Gasteiger partial charge in [0.15, 0.2) is 12.6 Å². The van der Waals surface area contributed by atoms with Gasteiger partial charge in [-0.1, -0.05) is 12.1 Å². The third-order valence-corrected chi connectivity index (χ3v) is 3.15. The Bertz CT molecular complexity index is 505. The largest absolute Gasteiger partial charge is 0.349 e. The second-order valence-electron chi connectivity index (χ2n) is 5.44.